The number of nitro groups is 1. The lowest BCUT2D eigenvalue weighted by molar-refractivity contribution is -0.384. The van der Waals surface area contributed by atoms with Gasteiger partial charge in [-0.3, -0.25) is 19.7 Å². The number of non-ortho nitro benzene ring substituents is 1. The van der Waals surface area contributed by atoms with E-state index in [2.05, 4.69) is 15.9 Å². The molecule has 1 unspecified atom stereocenters. The lowest BCUT2D eigenvalue weighted by Crippen LogP contribution is -2.07. The van der Waals surface area contributed by atoms with E-state index in [0.29, 0.717) is 11.1 Å². The number of carbonyl (C=O) groups excluding carboxylic acids is 2. The van der Waals surface area contributed by atoms with Gasteiger partial charge >= 0.3 is 0 Å². The number of hydrogen-bond donors (Lipinski definition) is 0. The Hall–Kier alpha value is -1.99. The van der Waals surface area contributed by atoms with Crippen molar-refractivity contribution < 1.29 is 14.5 Å². The Balaban J connectivity index is 2.26. The van der Waals surface area contributed by atoms with Gasteiger partial charge < -0.3 is 0 Å². The standard InChI is InChI=1S/C17H14BrNO4S/c1-11(20)24-17(13-3-2-4-15(9-13)19(22)23)10-16(21)12-5-7-14(18)8-6-12/h2-9,17H,10H2,1H3. The summed E-state index contributed by atoms with van der Waals surface area (Å²) in [5.41, 5.74) is 1.07. The second-order valence-corrected chi connectivity index (χ2v) is 7.38. The van der Waals surface area contributed by atoms with Crippen LogP contribution in [0.4, 0.5) is 5.69 Å². The third-order valence-electron chi connectivity index (χ3n) is 3.30. The van der Waals surface area contributed by atoms with Crippen LogP contribution in [0.2, 0.25) is 0 Å². The molecule has 2 rings (SSSR count). The monoisotopic (exact) mass is 407 g/mol. The van der Waals surface area contributed by atoms with E-state index in [4.69, 9.17) is 0 Å². The van der Waals surface area contributed by atoms with Crippen molar-refractivity contribution in [3.05, 3.63) is 74.2 Å². The third-order valence-corrected chi connectivity index (χ3v) is 4.88. The van der Waals surface area contributed by atoms with Gasteiger partial charge in [-0.05, 0) is 17.7 Å². The van der Waals surface area contributed by atoms with Gasteiger partial charge in [-0.15, -0.1) is 0 Å². The highest BCUT2D eigenvalue weighted by Crippen LogP contribution is 2.35. The van der Waals surface area contributed by atoms with Crippen molar-refractivity contribution in [2.24, 2.45) is 0 Å². The Morgan fingerprint density at radius 1 is 1.21 bits per heavy atom. The van der Waals surface area contributed by atoms with Crippen LogP contribution in [0.3, 0.4) is 0 Å². The summed E-state index contributed by atoms with van der Waals surface area (Å²) in [5, 5.41) is 10.3. The molecule has 0 amide bonds. The van der Waals surface area contributed by atoms with Crippen molar-refractivity contribution in [3.8, 4) is 0 Å². The van der Waals surface area contributed by atoms with Crippen molar-refractivity contribution >= 4 is 44.3 Å². The number of hydrogen-bond acceptors (Lipinski definition) is 5. The molecule has 0 radical (unpaired) electrons. The highest BCUT2D eigenvalue weighted by Gasteiger charge is 2.21. The molecule has 2 aromatic rings. The molecule has 0 saturated heterocycles. The maximum Gasteiger partial charge on any atom is 0.269 e. The second kappa shape index (κ2) is 8.21. The van der Waals surface area contributed by atoms with Crippen molar-refractivity contribution in [2.75, 3.05) is 0 Å². The Morgan fingerprint density at radius 3 is 2.46 bits per heavy atom. The first kappa shape index (κ1) is 18.4. The maximum atomic E-state index is 12.5. The highest BCUT2D eigenvalue weighted by molar-refractivity contribution is 9.10. The van der Waals surface area contributed by atoms with Gasteiger partial charge in [-0.2, -0.15) is 0 Å². The summed E-state index contributed by atoms with van der Waals surface area (Å²) in [5.74, 6) is -0.118. The molecule has 0 saturated carbocycles. The van der Waals surface area contributed by atoms with E-state index >= 15 is 0 Å². The molecule has 0 fully saturated rings. The summed E-state index contributed by atoms with van der Waals surface area (Å²) in [6.45, 7) is 1.42. The summed E-state index contributed by atoms with van der Waals surface area (Å²) < 4.78 is 0.868. The molecule has 0 heterocycles. The molecule has 0 aliphatic rings. The van der Waals surface area contributed by atoms with Crippen LogP contribution in [0, 0.1) is 10.1 Å². The molecule has 5 nitrogen and oxygen atoms in total. The van der Waals surface area contributed by atoms with Gasteiger partial charge in [0.05, 0.1) is 4.92 Å². The van der Waals surface area contributed by atoms with E-state index in [9.17, 15) is 19.7 Å². The summed E-state index contributed by atoms with van der Waals surface area (Å²) in [4.78, 5) is 34.4. The quantitative estimate of drug-likeness (QED) is 0.384. The molecule has 2 aromatic carbocycles. The lowest BCUT2D eigenvalue weighted by atomic mass is 10.0. The Labute approximate surface area is 151 Å². The van der Waals surface area contributed by atoms with Crippen molar-refractivity contribution in [2.45, 2.75) is 18.6 Å². The zero-order chi connectivity index (χ0) is 17.7. The van der Waals surface area contributed by atoms with Crippen LogP contribution in [0.1, 0.15) is 34.5 Å². The van der Waals surface area contributed by atoms with Gasteiger partial charge in [0, 0.05) is 40.8 Å². The molecule has 0 bridgehead atoms. The minimum absolute atomic E-state index is 0.0576. The van der Waals surface area contributed by atoms with E-state index < -0.39 is 10.2 Å². The minimum atomic E-state index is -0.491. The van der Waals surface area contributed by atoms with Gasteiger partial charge in [0.2, 0.25) is 0 Å². The predicted molar refractivity (Wildman–Crippen MR) is 97.2 cm³/mol. The number of nitro benzene ring substituents is 1. The zero-order valence-corrected chi connectivity index (χ0v) is 15.2. The van der Waals surface area contributed by atoms with Crippen molar-refractivity contribution in [3.63, 3.8) is 0 Å². The number of ketones is 1. The van der Waals surface area contributed by atoms with Crippen LogP contribution in [-0.2, 0) is 4.79 Å². The molecule has 7 heteroatoms. The van der Waals surface area contributed by atoms with Crippen LogP contribution < -0.4 is 0 Å². The first-order valence-electron chi connectivity index (χ1n) is 7.07. The van der Waals surface area contributed by atoms with Crippen LogP contribution in [-0.4, -0.2) is 15.8 Å². The zero-order valence-electron chi connectivity index (χ0n) is 12.8. The largest absolute Gasteiger partial charge is 0.294 e. The van der Waals surface area contributed by atoms with E-state index in [1.807, 2.05) is 0 Å². The minimum Gasteiger partial charge on any atom is -0.294 e. The van der Waals surface area contributed by atoms with Gasteiger partial charge in [0.25, 0.3) is 5.69 Å². The van der Waals surface area contributed by atoms with E-state index in [1.165, 1.54) is 19.1 Å². The summed E-state index contributed by atoms with van der Waals surface area (Å²) in [6, 6.07) is 13.0. The Bertz CT molecular complexity index is 776. The Morgan fingerprint density at radius 2 is 1.88 bits per heavy atom. The normalized spacial score (nSPS) is 11.8. The fourth-order valence-electron chi connectivity index (χ4n) is 2.19. The molecule has 0 aromatic heterocycles. The van der Waals surface area contributed by atoms with Crippen LogP contribution in [0.25, 0.3) is 0 Å². The summed E-state index contributed by atoms with van der Waals surface area (Å²) >= 11 is 4.32. The maximum absolute atomic E-state index is 12.5. The first-order chi connectivity index (χ1) is 11.4. The fraction of sp³-hybridized carbons (Fsp3) is 0.176. The molecule has 0 N–H and O–H groups in total. The fourth-order valence-corrected chi connectivity index (χ4v) is 3.37. The average molecular weight is 408 g/mol. The van der Waals surface area contributed by atoms with E-state index in [-0.39, 0.29) is 23.0 Å². The number of halogens is 1. The van der Waals surface area contributed by atoms with Gasteiger partial charge in [0.1, 0.15) is 0 Å². The number of Topliss-reactive ketones (excluding diaryl/α,β-unsaturated/α-hetero) is 1. The summed E-state index contributed by atoms with van der Waals surface area (Å²) in [7, 11) is 0. The van der Waals surface area contributed by atoms with Crippen molar-refractivity contribution in [1.82, 2.24) is 0 Å². The first-order valence-corrected chi connectivity index (χ1v) is 8.74. The van der Waals surface area contributed by atoms with Gasteiger partial charge in [-0.1, -0.05) is 52.0 Å². The molecule has 0 spiro atoms. The van der Waals surface area contributed by atoms with Crippen LogP contribution in [0.5, 0.6) is 0 Å². The smallest absolute Gasteiger partial charge is 0.269 e. The number of rotatable bonds is 6. The summed E-state index contributed by atoms with van der Waals surface area (Å²) in [6.07, 6.45) is 0.0903. The molecule has 24 heavy (non-hydrogen) atoms. The van der Waals surface area contributed by atoms with E-state index in [1.54, 1.807) is 36.4 Å². The number of nitrogens with zero attached hydrogens (tertiary/aromatic N) is 1. The molecule has 1 atom stereocenters. The Kier molecular flexibility index (Phi) is 6.28. The highest BCUT2D eigenvalue weighted by atomic mass is 79.9. The molecule has 124 valence electrons. The topological polar surface area (TPSA) is 77.3 Å². The van der Waals surface area contributed by atoms with Crippen molar-refractivity contribution in [1.29, 1.82) is 0 Å². The van der Waals surface area contributed by atoms with E-state index in [0.717, 1.165) is 16.2 Å². The number of thioether (sulfide) groups is 1. The number of benzene rings is 2. The average Bonchev–Trinajstić information content (AvgIpc) is 2.54. The second-order valence-electron chi connectivity index (χ2n) is 5.08. The molecule has 0 aliphatic carbocycles. The lowest BCUT2D eigenvalue weighted by Gasteiger charge is -2.14. The van der Waals surface area contributed by atoms with Crippen LogP contribution in [0.15, 0.2) is 53.0 Å². The molecule has 0 aliphatic heterocycles. The number of carbonyl (C=O) groups is 2. The third kappa shape index (κ3) is 5.01. The van der Waals surface area contributed by atoms with Crippen LogP contribution >= 0.6 is 27.7 Å². The molecular weight excluding hydrogens is 394 g/mol. The SMILES string of the molecule is CC(=O)SC(CC(=O)c1ccc(Br)cc1)c1cccc([N+](=O)[O-])c1. The predicted octanol–water partition coefficient (Wildman–Crippen LogP) is 4.95. The van der Waals surface area contributed by atoms with Gasteiger partial charge in [0.15, 0.2) is 10.9 Å². The molecular formula is C17H14BrNO4S. The van der Waals surface area contributed by atoms with Gasteiger partial charge in [-0.25, -0.2) is 0 Å².